The average molecular weight is 275 g/mol. The number of pyridine rings is 1. The molecule has 0 bridgehead atoms. The van der Waals surface area contributed by atoms with Gasteiger partial charge in [0.05, 0.1) is 5.75 Å². The Morgan fingerprint density at radius 2 is 2.00 bits per heavy atom. The molecule has 0 spiro atoms. The van der Waals surface area contributed by atoms with Gasteiger partial charge in [-0.1, -0.05) is 5.16 Å². The van der Waals surface area contributed by atoms with Gasteiger partial charge in [-0.05, 0) is 26.0 Å². The minimum atomic E-state index is -0.240. The number of aryl methyl sites for hydroxylation is 2. The molecule has 2 aromatic heterocycles. The van der Waals surface area contributed by atoms with Crippen LogP contribution in [-0.4, -0.2) is 32.4 Å². The normalized spacial score (nSPS) is 19.1. The molecule has 0 N–H and O–H groups in total. The maximum atomic E-state index is 11.7. The lowest BCUT2D eigenvalue weighted by Crippen LogP contribution is -2.09. The predicted molar refractivity (Wildman–Crippen MR) is 72.1 cm³/mol. The highest BCUT2D eigenvalue weighted by Crippen LogP contribution is 2.29. The fraction of sp³-hybridized carbons (Fsp3) is 0.385. The first-order valence-electron chi connectivity index (χ1n) is 6.03. The zero-order valence-electron chi connectivity index (χ0n) is 10.7. The van der Waals surface area contributed by atoms with Crippen LogP contribution in [0.3, 0.4) is 0 Å². The largest absolute Gasteiger partial charge is 0.338 e. The van der Waals surface area contributed by atoms with Gasteiger partial charge in [0.25, 0.3) is 0 Å². The van der Waals surface area contributed by atoms with Crippen LogP contribution < -0.4 is 0 Å². The van der Waals surface area contributed by atoms with Crippen LogP contribution in [0, 0.1) is 13.8 Å². The molecule has 1 saturated heterocycles. The smallest absolute Gasteiger partial charge is 0.238 e. The van der Waals surface area contributed by atoms with Gasteiger partial charge >= 0.3 is 0 Å². The number of Topliss-reactive ketones (excluding diaryl/α,β-unsaturated/α-hetero) is 1. The summed E-state index contributed by atoms with van der Waals surface area (Å²) in [6.07, 6.45) is 0. The number of ketones is 1. The standard InChI is InChI=1S/C13H13N3O2S/c1-7-3-9(4-8(2)14-7)12-15-13(18-16-12)10-5-19-6-11(10)17/h3-4,10H,5-6H2,1-2H3. The third-order valence-electron chi connectivity index (χ3n) is 3.00. The molecule has 0 aromatic carbocycles. The second-order valence-corrected chi connectivity index (χ2v) is 5.66. The van der Waals surface area contributed by atoms with Crippen molar-refractivity contribution < 1.29 is 9.32 Å². The van der Waals surface area contributed by atoms with Crippen molar-refractivity contribution in [3.8, 4) is 11.4 Å². The van der Waals surface area contributed by atoms with Gasteiger partial charge in [-0.25, -0.2) is 0 Å². The lowest BCUT2D eigenvalue weighted by Gasteiger charge is -1.99. The molecule has 1 aliphatic heterocycles. The third-order valence-corrected chi connectivity index (χ3v) is 4.05. The molecule has 1 atom stereocenters. The topological polar surface area (TPSA) is 68.9 Å². The van der Waals surface area contributed by atoms with Gasteiger partial charge in [0, 0.05) is 22.7 Å². The lowest BCUT2D eigenvalue weighted by molar-refractivity contribution is -0.117. The summed E-state index contributed by atoms with van der Waals surface area (Å²) in [4.78, 5) is 20.3. The van der Waals surface area contributed by atoms with Crippen LogP contribution in [0.5, 0.6) is 0 Å². The summed E-state index contributed by atoms with van der Waals surface area (Å²) in [5.41, 5.74) is 2.70. The molecule has 0 aliphatic carbocycles. The van der Waals surface area contributed by atoms with Crippen LogP contribution in [0.2, 0.25) is 0 Å². The Bertz CT molecular complexity index is 618. The molecule has 0 saturated carbocycles. The molecule has 0 radical (unpaired) electrons. The minimum absolute atomic E-state index is 0.169. The second kappa shape index (κ2) is 4.77. The van der Waals surface area contributed by atoms with E-state index >= 15 is 0 Å². The highest BCUT2D eigenvalue weighted by molar-refractivity contribution is 8.00. The van der Waals surface area contributed by atoms with E-state index in [1.807, 2.05) is 26.0 Å². The number of hydrogen-bond acceptors (Lipinski definition) is 6. The summed E-state index contributed by atoms with van der Waals surface area (Å²) in [6.45, 7) is 3.85. The molecule has 3 rings (SSSR count). The lowest BCUT2D eigenvalue weighted by atomic mass is 10.1. The van der Waals surface area contributed by atoms with Gasteiger partial charge in [0.1, 0.15) is 5.92 Å². The third kappa shape index (κ3) is 2.40. The Morgan fingerprint density at radius 3 is 2.63 bits per heavy atom. The molecule has 0 amide bonds. The molecule has 5 nitrogen and oxygen atoms in total. The molecule has 2 aromatic rings. The van der Waals surface area contributed by atoms with E-state index in [-0.39, 0.29) is 11.7 Å². The van der Waals surface area contributed by atoms with Gasteiger partial charge in [0.2, 0.25) is 11.7 Å². The van der Waals surface area contributed by atoms with E-state index in [0.717, 1.165) is 22.7 Å². The summed E-state index contributed by atoms with van der Waals surface area (Å²) in [5, 5.41) is 3.97. The second-order valence-electron chi connectivity index (χ2n) is 4.63. The van der Waals surface area contributed by atoms with E-state index in [9.17, 15) is 4.79 Å². The van der Waals surface area contributed by atoms with Crippen LogP contribution in [0.15, 0.2) is 16.7 Å². The van der Waals surface area contributed by atoms with Crippen LogP contribution in [-0.2, 0) is 4.79 Å². The summed E-state index contributed by atoms with van der Waals surface area (Å²) >= 11 is 1.61. The van der Waals surface area contributed by atoms with Gasteiger partial charge in [-0.15, -0.1) is 0 Å². The highest BCUT2D eigenvalue weighted by Gasteiger charge is 2.31. The summed E-state index contributed by atoms with van der Waals surface area (Å²) < 4.78 is 5.24. The minimum Gasteiger partial charge on any atom is -0.338 e. The van der Waals surface area contributed by atoms with Crippen molar-refractivity contribution in [1.82, 2.24) is 15.1 Å². The Kier molecular flexibility index (Phi) is 3.10. The molecule has 98 valence electrons. The van der Waals surface area contributed by atoms with Crippen LogP contribution in [0.25, 0.3) is 11.4 Å². The fourth-order valence-corrected chi connectivity index (χ4v) is 3.22. The van der Waals surface area contributed by atoms with E-state index in [0.29, 0.717) is 17.5 Å². The summed E-state index contributed by atoms with van der Waals surface area (Å²) in [6, 6.07) is 3.82. The quantitative estimate of drug-likeness (QED) is 0.836. The number of nitrogens with zero attached hydrogens (tertiary/aromatic N) is 3. The van der Waals surface area contributed by atoms with Crippen molar-refractivity contribution in [3.05, 3.63) is 29.4 Å². The molecular weight excluding hydrogens is 262 g/mol. The van der Waals surface area contributed by atoms with Crippen molar-refractivity contribution in [2.24, 2.45) is 0 Å². The van der Waals surface area contributed by atoms with Crippen LogP contribution >= 0.6 is 11.8 Å². The van der Waals surface area contributed by atoms with E-state index in [2.05, 4.69) is 15.1 Å². The van der Waals surface area contributed by atoms with E-state index in [1.54, 1.807) is 11.8 Å². The first-order valence-corrected chi connectivity index (χ1v) is 7.18. The number of aromatic nitrogens is 3. The van der Waals surface area contributed by atoms with E-state index < -0.39 is 0 Å². The van der Waals surface area contributed by atoms with Crippen LogP contribution in [0.4, 0.5) is 0 Å². The highest BCUT2D eigenvalue weighted by atomic mass is 32.2. The Labute approximate surface area is 114 Å². The molecule has 3 heterocycles. The maximum absolute atomic E-state index is 11.7. The Balaban J connectivity index is 1.94. The number of thioether (sulfide) groups is 1. The number of carbonyl (C=O) groups is 1. The van der Waals surface area contributed by atoms with Gasteiger partial charge in [-0.3, -0.25) is 9.78 Å². The van der Waals surface area contributed by atoms with Crippen LogP contribution in [0.1, 0.15) is 23.2 Å². The van der Waals surface area contributed by atoms with Gasteiger partial charge in [0.15, 0.2) is 5.78 Å². The first-order chi connectivity index (χ1) is 9.13. The first kappa shape index (κ1) is 12.3. The van der Waals surface area contributed by atoms with Crippen molar-refractivity contribution in [3.63, 3.8) is 0 Å². The summed E-state index contributed by atoms with van der Waals surface area (Å²) in [5.74, 6) is 2.15. The molecular formula is C13H13N3O2S. The maximum Gasteiger partial charge on any atom is 0.238 e. The molecule has 19 heavy (non-hydrogen) atoms. The van der Waals surface area contributed by atoms with Crippen molar-refractivity contribution in [2.75, 3.05) is 11.5 Å². The molecule has 6 heteroatoms. The SMILES string of the molecule is Cc1cc(-c2noc(C3CSCC3=O)n2)cc(C)n1. The number of carbonyl (C=O) groups excluding carboxylic acids is 1. The fourth-order valence-electron chi connectivity index (χ4n) is 2.14. The van der Waals surface area contributed by atoms with Gasteiger partial charge < -0.3 is 4.52 Å². The van der Waals surface area contributed by atoms with Crippen molar-refractivity contribution in [1.29, 1.82) is 0 Å². The molecule has 1 unspecified atom stereocenters. The van der Waals surface area contributed by atoms with Crippen molar-refractivity contribution >= 4 is 17.5 Å². The number of hydrogen-bond donors (Lipinski definition) is 0. The van der Waals surface area contributed by atoms with Crippen molar-refractivity contribution in [2.45, 2.75) is 19.8 Å². The average Bonchev–Trinajstić information content (AvgIpc) is 2.95. The Hall–Kier alpha value is -1.69. The molecule has 1 aliphatic rings. The number of rotatable bonds is 2. The van der Waals surface area contributed by atoms with E-state index in [1.165, 1.54) is 0 Å². The Morgan fingerprint density at radius 1 is 1.26 bits per heavy atom. The summed E-state index contributed by atoms with van der Waals surface area (Å²) in [7, 11) is 0. The predicted octanol–water partition coefficient (Wildman–Crippen LogP) is 2.15. The zero-order chi connectivity index (χ0) is 13.4. The molecule has 1 fully saturated rings. The zero-order valence-corrected chi connectivity index (χ0v) is 11.5. The van der Waals surface area contributed by atoms with E-state index in [4.69, 9.17) is 4.52 Å². The monoisotopic (exact) mass is 275 g/mol. The van der Waals surface area contributed by atoms with Gasteiger partial charge in [-0.2, -0.15) is 16.7 Å².